The van der Waals surface area contributed by atoms with E-state index in [-0.39, 0.29) is 12.5 Å². The van der Waals surface area contributed by atoms with E-state index in [0.717, 1.165) is 5.39 Å². The molecule has 1 aliphatic rings. The minimum atomic E-state index is -0.0628. The number of hydrogen-bond acceptors (Lipinski definition) is 7. The molecule has 2 aromatic heterocycles. The third-order valence-electron chi connectivity index (χ3n) is 3.19. The van der Waals surface area contributed by atoms with Crippen LogP contribution in [0.4, 0.5) is 5.82 Å². The molecule has 0 bridgehead atoms. The first-order valence-corrected chi connectivity index (χ1v) is 6.20. The van der Waals surface area contributed by atoms with Gasteiger partial charge in [-0.15, -0.1) is 0 Å². The summed E-state index contributed by atoms with van der Waals surface area (Å²) < 4.78 is 6.73. The molecule has 106 valence electrons. The van der Waals surface area contributed by atoms with Crippen LogP contribution in [0.3, 0.4) is 0 Å². The first kappa shape index (κ1) is 12.8. The fourth-order valence-electron chi connectivity index (χ4n) is 2.14. The quantitative estimate of drug-likeness (QED) is 0.547. The number of aromatic nitrogens is 4. The number of nitrogens with two attached hydrogens (primary N) is 1. The van der Waals surface area contributed by atoms with Crippen molar-refractivity contribution in [3.8, 4) is 0 Å². The molecular weight excluding hydrogens is 262 g/mol. The Balaban J connectivity index is 1.94. The summed E-state index contributed by atoms with van der Waals surface area (Å²) in [5.74, 6) is 6.43. The molecule has 1 amide bonds. The highest BCUT2D eigenvalue weighted by Crippen LogP contribution is 2.19. The van der Waals surface area contributed by atoms with E-state index in [2.05, 4.69) is 20.5 Å². The van der Waals surface area contributed by atoms with Gasteiger partial charge in [-0.05, 0) is 0 Å². The molecule has 0 atom stereocenters. The van der Waals surface area contributed by atoms with Crippen molar-refractivity contribution in [3.63, 3.8) is 0 Å². The molecule has 0 saturated carbocycles. The van der Waals surface area contributed by atoms with Crippen molar-refractivity contribution in [1.29, 1.82) is 0 Å². The Bertz CT molecular complexity index is 654. The lowest BCUT2D eigenvalue weighted by Gasteiger charge is -2.26. The third-order valence-corrected chi connectivity index (χ3v) is 3.19. The molecule has 3 heterocycles. The van der Waals surface area contributed by atoms with Gasteiger partial charge in [0.25, 0.3) is 0 Å². The number of ether oxygens (including phenoxy) is 1. The zero-order valence-electron chi connectivity index (χ0n) is 11.0. The number of amides is 1. The molecule has 0 aliphatic carbocycles. The van der Waals surface area contributed by atoms with E-state index in [1.54, 1.807) is 22.8 Å². The van der Waals surface area contributed by atoms with E-state index in [1.807, 2.05) is 0 Å². The van der Waals surface area contributed by atoms with E-state index in [0.29, 0.717) is 37.0 Å². The summed E-state index contributed by atoms with van der Waals surface area (Å²) in [6.07, 6.45) is 1.65. The molecule has 9 heteroatoms. The first-order chi connectivity index (χ1) is 9.69. The molecule has 0 aromatic carbocycles. The Hall–Kier alpha value is -2.26. The van der Waals surface area contributed by atoms with Crippen LogP contribution in [0.15, 0.2) is 6.20 Å². The Morgan fingerprint density at radius 2 is 2.35 bits per heavy atom. The Kier molecular flexibility index (Phi) is 3.20. The van der Waals surface area contributed by atoms with Crippen LogP contribution in [0.2, 0.25) is 0 Å². The van der Waals surface area contributed by atoms with Crippen molar-refractivity contribution in [3.05, 3.63) is 12.0 Å². The van der Waals surface area contributed by atoms with Gasteiger partial charge in [0.2, 0.25) is 5.91 Å². The second-order valence-electron chi connectivity index (χ2n) is 4.51. The molecule has 9 nitrogen and oxygen atoms in total. The van der Waals surface area contributed by atoms with E-state index in [9.17, 15) is 4.79 Å². The number of morpholine rings is 1. The summed E-state index contributed by atoms with van der Waals surface area (Å²) in [5.41, 5.74) is 3.21. The number of anilines is 1. The largest absolute Gasteiger partial charge is 0.370 e. The van der Waals surface area contributed by atoms with Gasteiger partial charge in [-0.3, -0.25) is 9.48 Å². The molecule has 2 aromatic rings. The first-order valence-electron chi connectivity index (χ1n) is 6.20. The second-order valence-corrected chi connectivity index (χ2v) is 4.51. The monoisotopic (exact) mass is 277 g/mol. The third kappa shape index (κ3) is 2.17. The van der Waals surface area contributed by atoms with Crippen molar-refractivity contribution >= 4 is 22.8 Å². The van der Waals surface area contributed by atoms with Gasteiger partial charge in [-0.25, -0.2) is 15.8 Å². The normalized spacial score (nSPS) is 15.9. The summed E-state index contributed by atoms with van der Waals surface area (Å²) in [4.78, 5) is 22.1. The van der Waals surface area contributed by atoms with Crippen LogP contribution in [0.25, 0.3) is 11.0 Å². The van der Waals surface area contributed by atoms with Crippen molar-refractivity contribution < 1.29 is 9.53 Å². The van der Waals surface area contributed by atoms with Gasteiger partial charge < -0.3 is 15.1 Å². The van der Waals surface area contributed by atoms with Gasteiger partial charge in [0.15, 0.2) is 17.3 Å². The van der Waals surface area contributed by atoms with Crippen LogP contribution >= 0.6 is 0 Å². The van der Waals surface area contributed by atoms with Crippen LogP contribution in [-0.2, 0) is 23.1 Å². The summed E-state index contributed by atoms with van der Waals surface area (Å²) >= 11 is 0. The van der Waals surface area contributed by atoms with Crippen LogP contribution < -0.4 is 11.3 Å². The summed E-state index contributed by atoms with van der Waals surface area (Å²) in [6.45, 7) is 1.51. The highest BCUT2D eigenvalue weighted by molar-refractivity contribution is 5.86. The molecule has 0 spiro atoms. The highest BCUT2D eigenvalue weighted by atomic mass is 16.5. The second kappa shape index (κ2) is 5.02. The smallest absolute Gasteiger partial charge is 0.249 e. The van der Waals surface area contributed by atoms with Crippen molar-refractivity contribution in [2.75, 3.05) is 25.2 Å². The summed E-state index contributed by atoms with van der Waals surface area (Å²) in [6, 6.07) is 0. The van der Waals surface area contributed by atoms with E-state index < -0.39 is 0 Å². The average molecular weight is 277 g/mol. The topological polar surface area (TPSA) is 111 Å². The van der Waals surface area contributed by atoms with Gasteiger partial charge in [0.05, 0.1) is 24.7 Å². The minimum Gasteiger partial charge on any atom is -0.370 e. The fourth-order valence-corrected chi connectivity index (χ4v) is 2.14. The number of hydrogen-bond donors (Lipinski definition) is 2. The van der Waals surface area contributed by atoms with Gasteiger partial charge >= 0.3 is 0 Å². The number of aryl methyl sites for hydroxylation is 1. The van der Waals surface area contributed by atoms with Gasteiger partial charge in [0, 0.05) is 13.6 Å². The van der Waals surface area contributed by atoms with Crippen LogP contribution in [-0.4, -0.2) is 50.3 Å². The molecule has 0 radical (unpaired) electrons. The molecule has 20 heavy (non-hydrogen) atoms. The van der Waals surface area contributed by atoms with E-state index in [4.69, 9.17) is 10.6 Å². The predicted octanol–water partition coefficient (Wildman–Crippen LogP) is -0.992. The lowest BCUT2D eigenvalue weighted by Crippen LogP contribution is -2.41. The van der Waals surface area contributed by atoms with Gasteiger partial charge in [0.1, 0.15) is 6.61 Å². The average Bonchev–Trinajstić information content (AvgIpc) is 2.82. The van der Waals surface area contributed by atoms with Crippen LogP contribution in [0.1, 0.15) is 5.82 Å². The molecule has 1 saturated heterocycles. The van der Waals surface area contributed by atoms with Gasteiger partial charge in [-0.1, -0.05) is 0 Å². The number of nitrogens with zero attached hydrogens (tertiary/aromatic N) is 5. The van der Waals surface area contributed by atoms with E-state index in [1.165, 1.54) is 0 Å². The minimum absolute atomic E-state index is 0.0628. The molecule has 3 rings (SSSR count). The predicted molar refractivity (Wildman–Crippen MR) is 70.4 cm³/mol. The van der Waals surface area contributed by atoms with Crippen LogP contribution in [0, 0.1) is 0 Å². The van der Waals surface area contributed by atoms with Crippen molar-refractivity contribution in [1.82, 2.24) is 24.6 Å². The molecule has 0 unspecified atom stereocenters. The van der Waals surface area contributed by atoms with Crippen molar-refractivity contribution in [2.24, 2.45) is 12.9 Å². The van der Waals surface area contributed by atoms with Gasteiger partial charge in [-0.2, -0.15) is 5.10 Å². The maximum Gasteiger partial charge on any atom is 0.249 e. The number of nitrogen functional groups attached to an aromatic ring is 1. The standard InChI is InChI=1S/C11H15N7O2/c1-17-11-7(4-13-17)10(16-12)14-8(15-11)5-18-2-3-20-6-9(18)19/h4H,2-3,5-6,12H2,1H3,(H,14,15,16). The zero-order chi connectivity index (χ0) is 14.1. The number of rotatable bonds is 3. The fraction of sp³-hybridized carbons (Fsp3) is 0.455. The SMILES string of the molecule is Cn1ncc2c(NN)nc(CN3CCOCC3=O)nc21. The number of carbonyl (C=O) groups is 1. The number of fused-ring (bicyclic) bond motifs is 1. The Morgan fingerprint density at radius 1 is 1.50 bits per heavy atom. The summed E-state index contributed by atoms with van der Waals surface area (Å²) in [5, 5.41) is 4.87. The number of hydrazine groups is 1. The maximum absolute atomic E-state index is 11.7. The lowest BCUT2D eigenvalue weighted by atomic mass is 10.3. The van der Waals surface area contributed by atoms with Crippen LogP contribution in [0.5, 0.6) is 0 Å². The number of carbonyl (C=O) groups excluding carboxylic acids is 1. The molecular formula is C11H15N7O2. The highest BCUT2D eigenvalue weighted by Gasteiger charge is 2.20. The lowest BCUT2D eigenvalue weighted by molar-refractivity contribution is -0.143. The molecule has 1 aliphatic heterocycles. The zero-order valence-corrected chi connectivity index (χ0v) is 11.0. The van der Waals surface area contributed by atoms with Crippen molar-refractivity contribution in [2.45, 2.75) is 6.54 Å². The maximum atomic E-state index is 11.7. The summed E-state index contributed by atoms with van der Waals surface area (Å²) in [7, 11) is 1.79. The number of nitrogens with one attached hydrogen (secondary N) is 1. The molecule has 1 fully saturated rings. The van der Waals surface area contributed by atoms with E-state index >= 15 is 0 Å². The molecule has 3 N–H and O–H groups in total. The Morgan fingerprint density at radius 3 is 3.10 bits per heavy atom. The Labute approximate surface area is 114 Å².